The lowest BCUT2D eigenvalue weighted by atomic mass is 9.79. The number of alkyl halides is 1. The van der Waals surface area contributed by atoms with Crippen molar-refractivity contribution in [1.29, 1.82) is 0 Å². The summed E-state index contributed by atoms with van der Waals surface area (Å²) in [6.07, 6.45) is 9.37. The van der Waals surface area contributed by atoms with E-state index < -0.39 is 0 Å². The topological polar surface area (TPSA) is 18.5 Å². The molecule has 0 unspecified atom stereocenters. The first kappa shape index (κ1) is 16.1. The maximum atomic E-state index is 5.88. The van der Waals surface area contributed by atoms with E-state index in [9.17, 15) is 0 Å². The molecule has 2 aliphatic rings. The molecule has 2 rings (SSSR count). The molecule has 0 radical (unpaired) electrons. The number of allylic oxidation sites excluding steroid dienone is 4. The monoisotopic (exact) mass is 298 g/mol. The van der Waals surface area contributed by atoms with Crippen LogP contribution in [0.25, 0.3) is 0 Å². The fourth-order valence-electron chi connectivity index (χ4n) is 3.09. The molecule has 1 saturated heterocycles. The molecule has 0 amide bonds. The Balaban J connectivity index is 1.84. The van der Waals surface area contributed by atoms with Crippen LogP contribution in [0.5, 0.6) is 0 Å². The van der Waals surface area contributed by atoms with E-state index in [-0.39, 0.29) is 12.4 Å². The lowest BCUT2D eigenvalue weighted by Crippen LogP contribution is -2.30. The molecular weight excluding hydrogens is 272 g/mol. The second-order valence-corrected chi connectivity index (χ2v) is 6.69. The number of halogens is 1. The predicted octanol–water partition coefficient (Wildman–Crippen LogP) is 4.69. The highest BCUT2D eigenvalue weighted by molar-refractivity contribution is 6.18. The highest BCUT2D eigenvalue weighted by atomic mass is 35.5. The van der Waals surface area contributed by atoms with Crippen LogP contribution in [-0.4, -0.2) is 24.9 Å². The molecule has 20 heavy (non-hydrogen) atoms. The number of hydrogen-bond acceptors (Lipinski definition) is 2. The molecule has 0 aromatic carbocycles. The summed E-state index contributed by atoms with van der Waals surface area (Å²) in [4.78, 5) is 0. The van der Waals surface area contributed by atoms with Gasteiger partial charge in [-0.25, -0.2) is 0 Å². The fraction of sp³-hybridized carbons (Fsp3) is 0.765. The molecule has 2 nitrogen and oxygen atoms in total. The summed E-state index contributed by atoms with van der Waals surface area (Å²) in [6.45, 7) is 7.29. The normalized spacial score (nSPS) is 33.9. The molecule has 0 saturated carbocycles. The molecule has 0 aromatic rings. The van der Waals surface area contributed by atoms with E-state index in [0.717, 1.165) is 12.8 Å². The van der Waals surface area contributed by atoms with Crippen LogP contribution in [0.2, 0.25) is 0 Å². The van der Waals surface area contributed by atoms with E-state index in [4.69, 9.17) is 21.1 Å². The molecule has 0 spiro atoms. The summed E-state index contributed by atoms with van der Waals surface area (Å²) in [7, 11) is 0. The number of hydrogen-bond donors (Lipinski definition) is 0. The molecule has 0 N–H and O–H groups in total. The van der Waals surface area contributed by atoms with Crippen molar-refractivity contribution >= 4 is 11.6 Å². The van der Waals surface area contributed by atoms with Crippen LogP contribution in [0, 0.1) is 11.8 Å². The Bertz CT molecular complexity index is 371. The van der Waals surface area contributed by atoms with Crippen molar-refractivity contribution in [2.45, 2.75) is 58.8 Å². The summed E-state index contributed by atoms with van der Waals surface area (Å²) in [5.41, 5.74) is 3.00. The van der Waals surface area contributed by atoms with Crippen LogP contribution < -0.4 is 0 Å². The summed E-state index contributed by atoms with van der Waals surface area (Å²) in [5.74, 6) is 1.64. The first-order chi connectivity index (χ1) is 9.60. The van der Waals surface area contributed by atoms with Gasteiger partial charge in [-0.1, -0.05) is 30.2 Å². The van der Waals surface area contributed by atoms with Gasteiger partial charge in [-0.3, -0.25) is 0 Å². The minimum Gasteiger partial charge on any atom is -0.350 e. The van der Waals surface area contributed by atoms with Gasteiger partial charge in [-0.15, -0.1) is 11.6 Å². The van der Waals surface area contributed by atoms with Gasteiger partial charge in [0, 0.05) is 5.92 Å². The molecule has 114 valence electrons. The largest absolute Gasteiger partial charge is 0.350 e. The van der Waals surface area contributed by atoms with Crippen molar-refractivity contribution in [3.63, 3.8) is 0 Å². The van der Waals surface area contributed by atoms with E-state index in [1.54, 1.807) is 5.57 Å². The standard InChI is InChI=1S/C17H27ClO2/c1-12(2)5-4-6-14-7-8-16(13(3)9-14)17-19-11-15(10-18)20-17/h5,7,13,15-17H,4,6,8-11H2,1-3H3/t13-,15+,16+,17-/m1/s1. The van der Waals surface area contributed by atoms with Gasteiger partial charge in [0.1, 0.15) is 0 Å². The van der Waals surface area contributed by atoms with Gasteiger partial charge in [-0.05, 0) is 45.4 Å². The quantitative estimate of drug-likeness (QED) is 0.542. The zero-order valence-electron chi connectivity index (χ0n) is 12.9. The fourth-order valence-corrected chi connectivity index (χ4v) is 3.25. The van der Waals surface area contributed by atoms with E-state index in [2.05, 4.69) is 32.9 Å². The third-order valence-electron chi connectivity index (χ3n) is 4.31. The molecule has 0 bridgehead atoms. The van der Waals surface area contributed by atoms with E-state index in [1.807, 2.05) is 0 Å². The third kappa shape index (κ3) is 4.34. The van der Waals surface area contributed by atoms with Gasteiger partial charge in [-0.2, -0.15) is 0 Å². The molecule has 1 heterocycles. The van der Waals surface area contributed by atoms with Crippen molar-refractivity contribution in [2.24, 2.45) is 11.8 Å². The maximum Gasteiger partial charge on any atom is 0.161 e. The third-order valence-corrected chi connectivity index (χ3v) is 4.65. The lowest BCUT2D eigenvalue weighted by Gasteiger charge is -2.32. The molecule has 1 fully saturated rings. The second-order valence-electron chi connectivity index (χ2n) is 6.38. The first-order valence-electron chi connectivity index (χ1n) is 7.74. The molecular formula is C17H27ClO2. The molecule has 4 atom stereocenters. The zero-order valence-corrected chi connectivity index (χ0v) is 13.7. The van der Waals surface area contributed by atoms with Crippen molar-refractivity contribution in [3.8, 4) is 0 Å². The molecule has 0 aromatic heterocycles. The minimum atomic E-state index is -0.0515. The van der Waals surface area contributed by atoms with Gasteiger partial charge in [0.05, 0.1) is 18.6 Å². The average molecular weight is 299 g/mol. The predicted molar refractivity (Wildman–Crippen MR) is 84.0 cm³/mol. The van der Waals surface area contributed by atoms with Crippen LogP contribution in [0.3, 0.4) is 0 Å². The van der Waals surface area contributed by atoms with Gasteiger partial charge in [0.2, 0.25) is 0 Å². The SMILES string of the molecule is CC(C)=CCCC1=CC[C@H]([C@@H]2OC[C@H](CCl)O2)[C@H](C)C1. The highest BCUT2D eigenvalue weighted by Gasteiger charge is 2.36. The van der Waals surface area contributed by atoms with Crippen LogP contribution in [0.1, 0.15) is 46.5 Å². The van der Waals surface area contributed by atoms with Crippen LogP contribution in [0.4, 0.5) is 0 Å². The summed E-state index contributed by atoms with van der Waals surface area (Å²) < 4.78 is 11.6. The Labute approximate surface area is 128 Å². The molecule has 3 heteroatoms. The summed E-state index contributed by atoms with van der Waals surface area (Å²) in [6, 6.07) is 0. The highest BCUT2D eigenvalue weighted by Crippen LogP contribution is 2.37. The first-order valence-corrected chi connectivity index (χ1v) is 8.28. The zero-order chi connectivity index (χ0) is 14.5. The van der Waals surface area contributed by atoms with E-state index in [1.165, 1.54) is 18.4 Å². The van der Waals surface area contributed by atoms with Crippen LogP contribution in [-0.2, 0) is 9.47 Å². The van der Waals surface area contributed by atoms with Gasteiger partial charge in [0.15, 0.2) is 6.29 Å². The van der Waals surface area contributed by atoms with Crippen molar-refractivity contribution in [1.82, 2.24) is 0 Å². The van der Waals surface area contributed by atoms with E-state index in [0.29, 0.717) is 24.3 Å². The molecule has 1 aliphatic carbocycles. The van der Waals surface area contributed by atoms with Crippen molar-refractivity contribution in [3.05, 3.63) is 23.3 Å². The lowest BCUT2D eigenvalue weighted by molar-refractivity contribution is -0.108. The van der Waals surface area contributed by atoms with Gasteiger partial charge in [0.25, 0.3) is 0 Å². The van der Waals surface area contributed by atoms with Gasteiger partial charge < -0.3 is 9.47 Å². The summed E-state index contributed by atoms with van der Waals surface area (Å²) in [5, 5.41) is 0. The Morgan fingerprint density at radius 1 is 1.45 bits per heavy atom. The molecule has 1 aliphatic heterocycles. The minimum absolute atomic E-state index is 0.0515. The Morgan fingerprint density at radius 2 is 2.25 bits per heavy atom. The van der Waals surface area contributed by atoms with Gasteiger partial charge >= 0.3 is 0 Å². The average Bonchev–Trinajstić information content (AvgIpc) is 2.87. The maximum absolute atomic E-state index is 5.88. The number of rotatable bonds is 5. The number of ether oxygens (including phenoxy) is 2. The van der Waals surface area contributed by atoms with Crippen molar-refractivity contribution < 1.29 is 9.47 Å². The Kier molecular flexibility index (Phi) is 6.13. The van der Waals surface area contributed by atoms with Crippen LogP contribution >= 0.6 is 11.6 Å². The van der Waals surface area contributed by atoms with Crippen molar-refractivity contribution in [2.75, 3.05) is 12.5 Å². The summed E-state index contributed by atoms with van der Waals surface area (Å²) >= 11 is 5.83. The Morgan fingerprint density at radius 3 is 2.85 bits per heavy atom. The Hall–Kier alpha value is -0.310. The van der Waals surface area contributed by atoms with E-state index >= 15 is 0 Å². The van der Waals surface area contributed by atoms with Crippen LogP contribution in [0.15, 0.2) is 23.3 Å². The second kappa shape index (κ2) is 7.63. The smallest absolute Gasteiger partial charge is 0.161 e.